The maximum absolute atomic E-state index is 11.9. The van der Waals surface area contributed by atoms with E-state index >= 15 is 0 Å². The van der Waals surface area contributed by atoms with Gasteiger partial charge in [-0.15, -0.1) is 11.6 Å². The lowest BCUT2D eigenvalue weighted by Crippen LogP contribution is -2.29. The number of alkyl halides is 1. The van der Waals surface area contributed by atoms with Crippen LogP contribution in [0.3, 0.4) is 0 Å². The van der Waals surface area contributed by atoms with Crippen LogP contribution in [0.1, 0.15) is 36.5 Å². The van der Waals surface area contributed by atoms with E-state index in [0.717, 1.165) is 19.3 Å². The molecule has 106 valence electrons. The summed E-state index contributed by atoms with van der Waals surface area (Å²) in [5.41, 5.74) is 0.241. The lowest BCUT2D eigenvalue weighted by atomic mass is 10.0. The quantitative estimate of drug-likeness (QED) is 0.752. The Balaban J connectivity index is 2.58. The summed E-state index contributed by atoms with van der Waals surface area (Å²) in [6, 6.07) is 4.46. The Labute approximate surface area is 123 Å². The molecule has 1 aromatic rings. The normalized spacial score (nSPS) is 12.2. The average Bonchev–Trinajstić information content (AvgIpc) is 2.36. The van der Waals surface area contributed by atoms with Gasteiger partial charge >= 0.3 is 0 Å². The van der Waals surface area contributed by atoms with E-state index in [1.807, 2.05) is 0 Å². The number of rotatable bonds is 7. The summed E-state index contributed by atoms with van der Waals surface area (Å²) < 4.78 is 0. The molecule has 0 spiro atoms. The second-order valence-corrected chi connectivity index (χ2v) is 5.32. The molecule has 1 unspecified atom stereocenters. The van der Waals surface area contributed by atoms with E-state index in [1.165, 1.54) is 12.1 Å². The van der Waals surface area contributed by atoms with Crippen LogP contribution in [-0.4, -0.2) is 23.4 Å². The minimum absolute atomic E-state index is 0.102. The highest BCUT2D eigenvalue weighted by Crippen LogP contribution is 2.22. The molecule has 0 radical (unpaired) electrons. The number of phenolic OH excluding ortho intramolecular Hbond substituents is 1. The van der Waals surface area contributed by atoms with Gasteiger partial charge in [0.1, 0.15) is 5.75 Å². The van der Waals surface area contributed by atoms with Crippen LogP contribution in [0.15, 0.2) is 18.2 Å². The molecule has 1 amide bonds. The van der Waals surface area contributed by atoms with Gasteiger partial charge in [-0.05, 0) is 37.0 Å². The predicted molar refractivity (Wildman–Crippen MR) is 79.2 cm³/mol. The third-order valence-corrected chi connectivity index (χ3v) is 3.42. The molecule has 0 aliphatic rings. The van der Waals surface area contributed by atoms with Crippen LogP contribution in [0.25, 0.3) is 0 Å². The van der Waals surface area contributed by atoms with Gasteiger partial charge in [0.2, 0.25) is 0 Å². The minimum atomic E-state index is -0.287. The van der Waals surface area contributed by atoms with E-state index in [4.69, 9.17) is 23.2 Å². The van der Waals surface area contributed by atoms with E-state index in [9.17, 15) is 9.90 Å². The van der Waals surface area contributed by atoms with Crippen molar-refractivity contribution in [3.8, 4) is 5.75 Å². The number of halogens is 2. The molecule has 0 aliphatic heterocycles. The van der Waals surface area contributed by atoms with Crippen LogP contribution >= 0.6 is 23.2 Å². The summed E-state index contributed by atoms with van der Waals surface area (Å²) in [6.45, 7) is 2.68. The van der Waals surface area contributed by atoms with Crippen molar-refractivity contribution in [2.24, 2.45) is 5.92 Å². The highest BCUT2D eigenvalue weighted by molar-refractivity contribution is 6.30. The zero-order chi connectivity index (χ0) is 14.3. The first-order chi connectivity index (χ1) is 9.08. The maximum Gasteiger partial charge on any atom is 0.255 e. The Morgan fingerprint density at radius 1 is 1.42 bits per heavy atom. The summed E-state index contributed by atoms with van der Waals surface area (Å²) in [5.74, 6) is 0.576. The second-order valence-electron chi connectivity index (χ2n) is 4.50. The first-order valence-corrected chi connectivity index (χ1v) is 7.32. The fourth-order valence-electron chi connectivity index (χ4n) is 1.94. The number of amides is 1. The Kier molecular flexibility index (Phi) is 7.03. The number of aromatic hydroxyl groups is 1. The number of hydrogen-bond donors (Lipinski definition) is 2. The monoisotopic (exact) mass is 303 g/mol. The molecule has 0 heterocycles. The van der Waals surface area contributed by atoms with E-state index in [2.05, 4.69) is 12.2 Å². The van der Waals surface area contributed by atoms with Crippen molar-refractivity contribution in [1.82, 2.24) is 5.32 Å². The smallest absolute Gasteiger partial charge is 0.255 e. The van der Waals surface area contributed by atoms with Gasteiger partial charge in [-0.2, -0.15) is 0 Å². The van der Waals surface area contributed by atoms with Gasteiger partial charge < -0.3 is 10.4 Å². The zero-order valence-electron chi connectivity index (χ0n) is 11.0. The number of nitrogens with one attached hydrogen (secondary N) is 1. The molecule has 3 nitrogen and oxygen atoms in total. The van der Waals surface area contributed by atoms with E-state index in [1.54, 1.807) is 6.07 Å². The van der Waals surface area contributed by atoms with Gasteiger partial charge in [0.15, 0.2) is 0 Å². The second kappa shape index (κ2) is 8.28. The zero-order valence-corrected chi connectivity index (χ0v) is 12.5. The van der Waals surface area contributed by atoms with Crippen LogP contribution in [0.5, 0.6) is 5.75 Å². The maximum atomic E-state index is 11.9. The van der Waals surface area contributed by atoms with Gasteiger partial charge in [0.25, 0.3) is 5.91 Å². The summed E-state index contributed by atoms with van der Waals surface area (Å²) in [5, 5.41) is 12.9. The van der Waals surface area contributed by atoms with Gasteiger partial charge in [0.05, 0.1) is 5.56 Å². The lowest BCUT2D eigenvalue weighted by Gasteiger charge is -2.15. The van der Waals surface area contributed by atoms with Crippen LogP contribution < -0.4 is 5.32 Å². The number of phenols is 1. The van der Waals surface area contributed by atoms with Gasteiger partial charge in [-0.3, -0.25) is 4.79 Å². The molecule has 0 aliphatic carbocycles. The molecule has 1 aromatic carbocycles. The Morgan fingerprint density at radius 2 is 2.16 bits per heavy atom. The third kappa shape index (κ3) is 5.29. The first kappa shape index (κ1) is 16.1. The van der Waals surface area contributed by atoms with Crippen molar-refractivity contribution in [2.45, 2.75) is 26.2 Å². The van der Waals surface area contributed by atoms with E-state index < -0.39 is 0 Å². The summed E-state index contributed by atoms with van der Waals surface area (Å²) in [4.78, 5) is 11.9. The van der Waals surface area contributed by atoms with E-state index in [0.29, 0.717) is 23.4 Å². The summed E-state index contributed by atoms with van der Waals surface area (Å²) in [7, 11) is 0. The largest absolute Gasteiger partial charge is 0.507 e. The van der Waals surface area contributed by atoms with E-state index in [-0.39, 0.29) is 17.2 Å². The molecule has 0 saturated carbocycles. The molecule has 1 rings (SSSR count). The Bertz CT molecular complexity index is 418. The van der Waals surface area contributed by atoms with Crippen LogP contribution in [0.4, 0.5) is 0 Å². The summed E-state index contributed by atoms with van der Waals surface area (Å²) in [6.07, 6.45) is 2.96. The van der Waals surface area contributed by atoms with Crippen LogP contribution in [-0.2, 0) is 0 Å². The van der Waals surface area contributed by atoms with Gasteiger partial charge in [0, 0.05) is 17.4 Å². The van der Waals surface area contributed by atoms with Gasteiger partial charge in [-0.1, -0.05) is 24.9 Å². The number of carbonyl (C=O) groups is 1. The fraction of sp³-hybridized carbons (Fsp3) is 0.500. The minimum Gasteiger partial charge on any atom is -0.507 e. The molecule has 0 fully saturated rings. The third-order valence-electron chi connectivity index (χ3n) is 2.97. The van der Waals surface area contributed by atoms with Crippen molar-refractivity contribution in [2.75, 3.05) is 12.4 Å². The topological polar surface area (TPSA) is 49.3 Å². The first-order valence-electron chi connectivity index (χ1n) is 6.41. The van der Waals surface area contributed by atoms with Crippen molar-refractivity contribution in [1.29, 1.82) is 0 Å². The van der Waals surface area contributed by atoms with Crippen molar-refractivity contribution >= 4 is 29.1 Å². The molecular weight excluding hydrogens is 285 g/mol. The molecule has 2 N–H and O–H groups in total. The standard InChI is InChI=1S/C14H19Cl2NO2/c1-2-3-10(6-7-15)9-17-14(19)12-5-4-11(16)8-13(12)18/h4-5,8,10,18H,2-3,6-7,9H2,1H3,(H,17,19). The predicted octanol–water partition coefficient (Wildman–Crippen LogP) is 3.82. The van der Waals surface area contributed by atoms with Crippen molar-refractivity contribution in [3.63, 3.8) is 0 Å². The molecule has 0 bridgehead atoms. The highest BCUT2D eigenvalue weighted by Gasteiger charge is 2.13. The molecule has 5 heteroatoms. The SMILES string of the molecule is CCCC(CCCl)CNC(=O)c1ccc(Cl)cc1O. The molecule has 1 atom stereocenters. The van der Waals surface area contributed by atoms with Gasteiger partial charge in [-0.25, -0.2) is 0 Å². The van der Waals surface area contributed by atoms with Crippen molar-refractivity contribution < 1.29 is 9.90 Å². The van der Waals surface area contributed by atoms with Crippen molar-refractivity contribution in [3.05, 3.63) is 28.8 Å². The average molecular weight is 304 g/mol. The number of carbonyl (C=O) groups excluding carboxylic acids is 1. The Hall–Kier alpha value is -0.930. The number of benzene rings is 1. The lowest BCUT2D eigenvalue weighted by molar-refractivity contribution is 0.0943. The molecule has 0 aromatic heterocycles. The fourth-order valence-corrected chi connectivity index (χ4v) is 2.42. The summed E-state index contributed by atoms with van der Waals surface area (Å²) >= 11 is 11.5. The Morgan fingerprint density at radius 3 is 2.74 bits per heavy atom. The number of hydrogen-bond acceptors (Lipinski definition) is 2. The molecule has 19 heavy (non-hydrogen) atoms. The highest BCUT2D eigenvalue weighted by atomic mass is 35.5. The molecular formula is C14H19Cl2NO2. The molecule has 0 saturated heterocycles. The van der Waals surface area contributed by atoms with Crippen LogP contribution in [0, 0.1) is 5.92 Å². The van der Waals surface area contributed by atoms with Crippen LogP contribution in [0.2, 0.25) is 5.02 Å².